The highest BCUT2D eigenvalue weighted by Crippen LogP contribution is 2.56. The number of allylic oxidation sites excluding steroid dienone is 4. The van der Waals surface area contributed by atoms with Gasteiger partial charge < -0.3 is 10.5 Å². The van der Waals surface area contributed by atoms with E-state index >= 15 is 0 Å². The number of nitriles is 3. The summed E-state index contributed by atoms with van der Waals surface area (Å²) in [4.78, 5) is 10.5. The second-order valence-electron chi connectivity index (χ2n) is 8.33. The fourth-order valence-corrected chi connectivity index (χ4v) is 5.07. The first-order chi connectivity index (χ1) is 16.4. The summed E-state index contributed by atoms with van der Waals surface area (Å²) >= 11 is 0. The van der Waals surface area contributed by atoms with Crippen LogP contribution in [0.3, 0.4) is 0 Å². The summed E-state index contributed by atoms with van der Waals surface area (Å²) in [5.41, 5.74) is 6.88. The number of hydrogen-bond donors (Lipinski definition) is 1. The van der Waals surface area contributed by atoms with Crippen molar-refractivity contribution in [2.75, 3.05) is 7.11 Å². The number of nitro groups is 1. The number of ether oxygens (including phenoxy) is 1. The van der Waals surface area contributed by atoms with Crippen molar-refractivity contribution in [3.8, 4) is 24.0 Å². The summed E-state index contributed by atoms with van der Waals surface area (Å²) in [7, 11) is 1.52. The van der Waals surface area contributed by atoms with Crippen LogP contribution < -0.4 is 10.5 Å². The van der Waals surface area contributed by atoms with Gasteiger partial charge in [0.15, 0.2) is 5.41 Å². The molecule has 2 N–H and O–H groups in total. The van der Waals surface area contributed by atoms with Gasteiger partial charge >= 0.3 is 5.69 Å². The van der Waals surface area contributed by atoms with Crippen molar-refractivity contribution in [1.29, 1.82) is 15.8 Å². The molecule has 0 fully saturated rings. The summed E-state index contributed by atoms with van der Waals surface area (Å²) in [5, 5.41) is 45.2. The number of nitrogens with two attached hydrogens (primary N) is 1. The summed E-state index contributed by atoms with van der Waals surface area (Å²) in [6.45, 7) is 0.186. The van der Waals surface area contributed by atoms with Gasteiger partial charge in [0.05, 0.1) is 42.0 Å². The molecule has 10 nitrogen and oxygen atoms in total. The van der Waals surface area contributed by atoms with E-state index in [9.17, 15) is 25.9 Å². The van der Waals surface area contributed by atoms with Gasteiger partial charge in [0.1, 0.15) is 24.2 Å². The Balaban J connectivity index is 1.87. The van der Waals surface area contributed by atoms with E-state index in [2.05, 4.69) is 23.3 Å². The lowest BCUT2D eigenvalue weighted by molar-refractivity contribution is -0.385. The zero-order valence-electron chi connectivity index (χ0n) is 18.4. The van der Waals surface area contributed by atoms with Crippen LogP contribution in [0.5, 0.6) is 5.75 Å². The molecule has 2 aliphatic carbocycles. The lowest BCUT2D eigenvalue weighted by atomic mass is 9.56. The molecule has 1 heterocycles. The van der Waals surface area contributed by atoms with Gasteiger partial charge in [0, 0.05) is 11.5 Å². The molecule has 2 atom stereocenters. The molecule has 1 aromatic carbocycles. The van der Waals surface area contributed by atoms with Crippen LogP contribution in [-0.4, -0.2) is 21.8 Å². The summed E-state index contributed by atoms with van der Waals surface area (Å²) in [6, 6.07) is 11.8. The van der Waals surface area contributed by atoms with Crippen molar-refractivity contribution >= 4 is 5.69 Å². The van der Waals surface area contributed by atoms with Crippen LogP contribution in [-0.2, 0) is 6.54 Å². The van der Waals surface area contributed by atoms with Crippen LogP contribution in [0.4, 0.5) is 5.69 Å². The molecule has 4 rings (SSSR count). The van der Waals surface area contributed by atoms with E-state index in [4.69, 9.17) is 10.5 Å². The van der Waals surface area contributed by atoms with E-state index in [-0.39, 0.29) is 29.4 Å². The Morgan fingerprint density at radius 3 is 2.74 bits per heavy atom. The Bertz CT molecular complexity index is 1340. The van der Waals surface area contributed by atoms with E-state index < -0.39 is 16.3 Å². The molecule has 0 saturated carbocycles. The van der Waals surface area contributed by atoms with E-state index in [1.807, 2.05) is 12.1 Å². The van der Waals surface area contributed by atoms with Crippen molar-refractivity contribution in [3.63, 3.8) is 0 Å². The van der Waals surface area contributed by atoms with Crippen LogP contribution in [0.15, 0.2) is 53.5 Å². The zero-order chi connectivity index (χ0) is 24.5. The second kappa shape index (κ2) is 8.73. The van der Waals surface area contributed by atoms with Gasteiger partial charge in [-0.15, -0.1) is 0 Å². The lowest BCUT2D eigenvalue weighted by Gasteiger charge is -2.43. The Hall–Kier alpha value is -4.62. The van der Waals surface area contributed by atoms with Crippen molar-refractivity contribution in [1.82, 2.24) is 9.78 Å². The number of methoxy groups -OCH3 is 1. The fourth-order valence-electron chi connectivity index (χ4n) is 5.07. The normalized spacial score (nSPS) is 20.8. The van der Waals surface area contributed by atoms with Gasteiger partial charge in [-0.1, -0.05) is 12.1 Å². The molecule has 1 aromatic heterocycles. The molecule has 0 aliphatic heterocycles. The van der Waals surface area contributed by atoms with Gasteiger partial charge in [-0.3, -0.25) is 14.8 Å². The first kappa shape index (κ1) is 22.6. The smallest absolute Gasteiger partial charge is 0.307 e. The molecule has 0 amide bonds. The Morgan fingerprint density at radius 2 is 2.12 bits per heavy atom. The molecule has 10 heteroatoms. The van der Waals surface area contributed by atoms with Crippen LogP contribution in [0.1, 0.15) is 36.3 Å². The molecule has 0 unspecified atom stereocenters. The SMILES string of the molecule is COc1ccc([C@@H]2[C@@H]3CCCC=C3C(C#N)=C(N)C2(C#N)C#N)cc1Cn1cc([N+](=O)[O-])cn1. The monoisotopic (exact) mass is 455 g/mol. The Morgan fingerprint density at radius 1 is 1.35 bits per heavy atom. The van der Waals surface area contributed by atoms with Crippen LogP contribution in [0, 0.1) is 55.4 Å². The van der Waals surface area contributed by atoms with E-state index in [1.165, 1.54) is 24.2 Å². The largest absolute Gasteiger partial charge is 0.496 e. The molecule has 0 saturated heterocycles. The average Bonchev–Trinajstić information content (AvgIpc) is 3.32. The minimum Gasteiger partial charge on any atom is -0.496 e. The summed E-state index contributed by atoms with van der Waals surface area (Å²) < 4.78 is 6.91. The molecule has 0 spiro atoms. The fraction of sp³-hybridized carbons (Fsp3) is 0.333. The number of nitrogens with zero attached hydrogens (tertiary/aromatic N) is 6. The van der Waals surface area contributed by atoms with Crippen LogP contribution in [0.25, 0.3) is 0 Å². The van der Waals surface area contributed by atoms with Gasteiger partial charge in [-0.2, -0.15) is 20.9 Å². The minimum absolute atomic E-state index is 0.0190. The predicted molar refractivity (Wildman–Crippen MR) is 120 cm³/mol. The third kappa shape index (κ3) is 3.44. The standard InChI is InChI=1S/C24H21N7O3/c1-34-21-7-6-15(8-16(21)11-30-12-17(10-29-30)31(32)33)22-19-5-3-2-4-18(19)20(9-25)23(28)24(22,13-26)14-27/h4,6-8,10,12,19,22H,2-3,5,11,28H2,1H3/t19-,22-/m1/s1. The highest BCUT2D eigenvalue weighted by molar-refractivity contribution is 5.59. The predicted octanol–water partition coefficient (Wildman–Crippen LogP) is 3.44. The molecule has 0 radical (unpaired) electrons. The van der Waals surface area contributed by atoms with Gasteiger partial charge in [-0.25, -0.2) is 0 Å². The van der Waals surface area contributed by atoms with E-state index in [1.54, 1.807) is 12.1 Å². The van der Waals surface area contributed by atoms with Crippen molar-refractivity contribution in [2.24, 2.45) is 17.1 Å². The average molecular weight is 455 g/mol. The quantitative estimate of drug-likeness (QED) is 0.528. The second-order valence-corrected chi connectivity index (χ2v) is 8.33. The first-order valence-electron chi connectivity index (χ1n) is 10.7. The molecule has 2 aliphatic rings. The third-order valence-electron chi connectivity index (χ3n) is 6.63. The highest BCUT2D eigenvalue weighted by Gasteiger charge is 2.53. The van der Waals surface area contributed by atoms with Crippen molar-refractivity contribution < 1.29 is 9.66 Å². The van der Waals surface area contributed by atoms with Gasteiger partial charge in [-0.05, 0) is 48.4 Å². The van der Waals surface area contributed by atoms with Gasteiger partial charge in [0.2, 0.25) is 0 Å². The molecular formula is C24H21N7O3. The molecular weight excluding hydrogens is 434 g/mol. The Kier molecular flexibility index (Phi) is 5.79. The topological polar surface area (TPSA) is 168 Å². The first-order valence-corrected chi connectivity index (χ1v) is 10.7. The summed E-state index contributed by atoms with van der Waals surface area (Å²) in [5.74, 6) is -0.275. The van der Waals surface area contributed by atoms with E-state index in [0.717, 1.165) is 18.4 Å². The molecule has 34 heavy (non-hydrogen) atoms. The van der Waals surface area contributed by atoms with E-state index in [0.29, 0.717) is 23.3 Å². The van der Waals surface area contributed by atoms with Gasteiger partial charge in [0.25, 0.3) is 0 Å². The number of benzene rings is 1. The number of aromatic nitrogens is 2. The number of rotatable bonds is 5. The number of fused-ring (bicyclic) bond motifs is 1. The maximum atomic E-state index is 11.0. The lowest BCUT2D eigenvalue weighted by Crippen LogP contribution is -2.42. The maximum Gasteiger partial charge on any atom is 0.307 e. The van der Waals surface area contributed by atoms with Crippen LogP contribution >= 0.6 is 0 Å². The molecule has 170 valence electrons. The third-order valence-corrected chi connectivity index (χ3v) is 6.63. The molecule has 2 aromatic rings. The maximum absolute atomic E-state index is 11.0. The Labute approximate surface area is 195 Å². The highest BCUT2D eigenvalue weighted by atomic mass is 16.6. The zero-order valence-corrected chi connectivity index (χ0v) is 18.4. The van der Waals surface area contributed by atoms with Crippen molar-refractivity contribution in [3.05, 3.63) is 74.8 Å². The van der Waals surface area contributed by atoms with Crippen LogP contribution in [0.2, 0.25) is 0 Å². The number of hydrogen-bond acceptors (Lipinski definition) is 8. The summed E-state index contributed by atoms with van der Waals surface area (Å²) in [6.07, 6.45) is 6.86. The van der Waals surface area contributed by atoms with Crippen molar-refractivity contribution in [2.45, 2.75) is 31.7 Å². The molecule has 0 bridgehead atoms. The minimum atomic E-state index is -1.71.